The van der Waals surface area contributed by atoms with Crippen LogP contribution in [0.5, 0.6) is 0 Å². The highest BCUT2D eigenvalue weighted by Crippen LogP contribution is 2.21. The van der Waals surface area contributed by atoms with Gasteiger partial charge in [-0.15, -0.1) is 0 Å². The Bertz CT molecular complexity index is 517. The molecule has 3 heteroatoms. The standard InChI is InChI=1S/C19H27N3/c1-21(2)13-15-5-9-17(10-6-15)19(20)18-11-7-16(8-12-18)14-22(3)4/h5-12,19H,13-14,20H2,1-4H3. The first-order chi connectivity index (χ1) is 10.5. The minimum atomic E-state index is -0.0678. The van der Waals surface area contributed by atoms with E-state index in [4.69, 9.17) is 5.73 Å². The van der Waals surface area contributed by atoms with Crippen molar-refractivity contribution in [2.24, 2.45) is 5.73 Å². The van der Waals surface area contributed by atoms with Crippen LogP contribution in [0.3, 0.4) is 0 Å². The van der Waals surface area contributed by atoms with Crippen LogP contribution < -0.4 is 5.73 Å². The first-order valence-corrected chi connectivity index (χ1v) is 7.68. The molecule has 0 bridgehead atoms. The average molecular weight is 297 g/mol. The summed E-state index contributed by atoms with van der Waals surface area (Å²) in [4.78, 5) is 4.33. The number of benzene rings is 2. The van der Waals surface area contributed by atoms with Crippen molar-refractivity contribution in [1.29, 1.82) is 0 Å². The molecule has 0 aromatic heterocycles. The topological polar surface area (TPSA) is 32.5 Å². The zero-order chi connectivity index (χ0) is 16.1. The van der Waals surface area contributed by atoms with Crippen molar-refractivity contribution in [3.8, 4) is 0 Å². The fourth-order valence-electron chi connectivity index (χ4n) is 2.58. The molecule has 0 saturated carbocycles. The highest BCUT2D eigenvalue weighted by Gasteiger charge is 2.09. The van der Waals surface area contributed by atoms with E-state index in [1.165, 1.54) is 11.1 Å². The Kier molecular flexibility index (Phi) is 5.72. The molecule has 118 valence electrons. The van der Waals surface area contributed by atoms with Crippen molar-refractivity contribution in [3.05, 3.63) is 70.8 Å². The SMILES string of the molecule is CN(C)Cc1ccc(C(N)c2ccc(CN(C)C)cc2)cc1. The highest BCUT2D eigenvalue weighted by molar-refractivity contribution is 5.34. The summed E-state index contributed by atoms with van der Waals surface area (Å²) in [5, 5.41) is 0. The summed E-state index contributed by atoms with van der Waals surface area (Å²) in [6.45, 7) is 1.91. The van der Waals surface area contributed by atoms with Crippen LogP contribution in [0.1, 0.15) is 28.3 Å². The third kappa shape index (κ3) is 4.67. The minimum absolute atomic E-state index is 0.0678. The lowest BCUT2D eigenvalue weighted by atomic mass is 9.97. The highest BCUT2D eigenvalue weighted by atomic mass is 15.1. The lowest BCUT2D eigenvalue weighted by Crippen LogP contribution is -2.14. The molecule has 0 saturated heterocycles. The maximum atomic E-state index is 6.40. The quantitative estimate of drug-likeness (QED) is 0.890. The van der Waals surface area contributed by atoms with E-state index in [1.807, 2.05) is 0 Å². The van der Waals surface area contributed by atoms with Gasteiger partial charge in [-0.2, -0.15) is 0 Å². The number of nitrogens with two attached hydrogens (primary N) is 1. The third-order valence-corrected chi connectivity index (χ3v) is 3.68. The van der Waals surface area contributed by atoms with Crippen LogP contribution >= 0.6 is 0 Å². The van der Waals surface area contributed by atoms with Crippen molar-refractivity contribution < 1.29 is 0 Å². The lowest BCUT2D eigenvalue weighted by molar-refractivity contribution is 0.402. The van der Waals surface area contributed by atoms with Crippen molar-refractivity contribution >= 4 is 0 Å². The van der Waals surface area contributed by atoms with Gasteiger partial charge in [0.15, 0.2) is 0 Å². The molecule has 22 heavy (non-hydrogen) atoms. The molecule has 2 aromatic carbocycles. The van der Waals surface area contributed by atoms with Gasteiger partial charge in [-0.05, 0) is 50.4 Å². The van der Waals surface area contributed by atoms with Gasteiger partial charge >= 0.3 is 0 Å². The Morgan fingerprint density at radius 3 is 1.27 bits per heavy atom. The molecule has 0 aliphatic heterocycles. The predicted octanol–water partition coefficient (Wildman–Crippen LogP) is 2.86. The van der Waals surface area contributed by atoms with E-state index in [1.54, 1.807) is 0 Å². The van der Waals surface area contributed by atoms with Crippen LogP contribution in [0.4, 0.5) is 0 Å². The summed E-state index contributed by atoms with van der Waals surface area (Å²) < 4.78 is 0. The fourth-order valence-corrected chi connectivity index (χ4v) is 2.58. The Balaban J connectivity index is 2.08. The van der Waals surface area contributed by atoms with Gasteiger partial charge in [0.1, 0.15) is 0 Å². The molecule has 3 nitrogen and oxygen atoms in total. The smallest absolute Gasteiger partial charge is 0.0551 e. The fraction of sp³-hybridized carbons (Fsp3) is 0.368. The van der Waals surface area contributed by atoms with Crippen LogP contribution in [-0.4, -0.2) is 38.0 Å². The summed E-state index contributed by atoms with van der Waals surface area (Å²) in [6.07, 6.45) is 0. The van der Waals surface area contributed by atoms with E-state index in [9.17, 15) is 0 Å². The zero-order valence-corrected chi connectivity index (χ0v) is 14.1. The minimum Gasteiger partial charge on any atom is -0.320 e. The first-order valence-electron chi connectivity index (χ1n) is 7.68. The second-order valence-corrected chi connectivity index (χ2v) is 6.44. The summed E-state index contributed by atoms with van der Waals surface area (Å²) in [5.41, 5.74) is 11.3. The van der Waals surface area contributed by atoms with Gasteiger partial charge < -0.3 is 15.5 Å². The van der Waals surface area contributed by atoms with Gasteiger partial charge in [0.25, 0.3) is 0 Å². The van der Waals surface area contributed by atoms with Crippen LogP contribution in [0, 0.1) is 0 Å². The summed E-state index contributed by atoms with van der Waals surface area (Å²) in [5.74, 6) is 0. The van der Waals surface area contributed by atoms with Gasteiger partial charge in [-0.3, -0.25) is 0 Å². The number of hydrogen-bond donors (Lipinski definition) is 1. The molecule has 0 aliphatic carbocycles. The molecule has 2 aromatic rings. The van der Waals surface area contributed by atoms with Crippen molar-refractivity contribution in [2.75, 3.05) is 28.2 Å². The average Bonchev–Trinajstić information content (AvgIpc) is 2.47. The van der Waals surface area contributed by atoms with E-state index >= 15 is 0 Å². The van der Waals surface area contributed by atoms with Gasteiger partial charge in [0.2, 0.25) is 0 Å². The number of nitrogens with zero attached hydrogens (tertiary/aromatic N) is 2. The zero-order valence-electron chi connectivity index (χ0n) is 14.1. The molecule has 0 spiro atoms. The molecule has 0 aliphatic rings. The maximum Gasteiger partial charge on any atom is 0.0551 e. The Hall–Kier alpha value is -1.68. The van der Waals surface area contributed by atoms with Crippen LogP contribution in [0.25, 0.3) is 0 Å². The summed E-state index contributed by atoms with van der Waals surface area (Å²) >= 11 is 0. The molecular formula is C19H27N3. The molecule has 0 amide bonds. The van der Waals surface area contributed by atoms with Crippen molar-refractivity contribution in [3.63, 3.8) is 0 Å². The Morgan fingerprint density at radius 1 is 0.682 bits per heavy atom. The van der Waals surface area contributed by atoms with E-state index in [2.05, 4.69) is 86.5 Å². The van der Waals surface area contributed by atoms with Gasteiger partial charge in [0.05, 0.1) is 6.04 Å². The van der Waals surface area contributed by atoms with Crippen molar-refractivity contribution in [1.82, 2.24) is 9.80 Å². The van der Waals surface area contributed by atoms with E-state index in [0.29, 0.717) is 0 Å². The monoisotopic (exact) mass is 297 g/mol. The molecule has 0 fully saturated rings. The largest absolute Gasteiger partial charge is 0.320 e. The normalized spacial score (nSPS) is 11.6. The molecule has 0 atom stereocenters. The van der Waals surface area contributed by atoms with Crippen LogP contribution in [0.2, 0.25) is 0 Å². The lowest BCUT2D eigenvalue weighted by Gasteiger charge is -2.16. The van der Waals surface area contributed by atoms with Crippen molar-refractivity contribution in [2.45, 2.75) is 19.1 Å². The predicted molar refractivity (Wildman–Crippen MR) is 93.7 cm³/mol. The second-order valence-electron chi connectivity index (χ2n) is 6.44. The molecule has 0 heterocycles. The molecule has 0 unspecified atom stereocenters. The molecule has 2 rings (SSSR count). The van der Waals surface area contributed by atoms with E-state index < -0.39 is 0 Å². The second kappa shape index (κ2) is 7.54. The Morgan fingerprint density at radius 2 is 1.00 bits per heavy atom. The van der Waals surface area contributed by atoms with Crippen LogP contribution in [0.15, 0.2) is 48.5 Å². The van der Waals surface area contributed by atoms with Crippen LogP contribution in [-0.2, 0) is 13.1 Å². The molecule has 0 radical (unpaired) electrons. The molecular weight excluding hydrogens is 270 g/mol. The summed E-state index contributed by atoms with van der Waals surface area (Å²) in [7, 11) is 8.31. The molecule has 2 N–H and O–H groups in total. The van der Waals surface area contributed by atoms with Gasteiger partial charge in [-0.1, -0.05) is 48.5 Å². The maximum absolute atomic E-state index is 6.40. The van der Waals surface area contributed by atoms with E-state index in [0.717, 1.165) is 24.2 Å². The number of hydrogen-bond acceptors (Lipinski definition) is 3. The van der Waals surface area contributed by atoms with E-state index in [-0.39, 0.29) is 6.04 Å². The first kappa shape index (κ1) is 16.7. The number of rotatable bonds is 6. The summed E-state index contributed by atoms with van der Waals surface area (Å²) in [6, 6.07) is 17.1. The van der Waals surface area contributed by atoms with Gasteiger partial charge in [-0.25, -0.2) is 0 Å². The van der Waals surface area contributed by atoms with Gasteiger partial charge in [0, 0.05) is 13.1 Å². The Labute approximate surface area is 134 Å². The third-order valence-electron chi connectivity index (χ3n) is 3.68.